The van der Waals surface area contributed by atoms with Gasteiger partial charge in [-0.25, -0.2) is 0 Å². The number of likely N-dealkylation sites (tertiary alicyclic amines) is 2. The van der Waals surface area contributed by atoms with Crippen LogP contribution in [0.2, 0.25) is 0 Å². The topological polar surface area (TPSA) is 148 Å². The van der Waals surface area contributed by atoms with Gasteiger partial charge < -0.3 is 36.5 Å². The molecule has 6 aliphatic rings. The molecule has 3 N–H and O–H groups in total. The van der Waals surface area contributed by atoms with Gasteiger partial charge in [0, 0.05) is 55.8 Å². The van der Waals surface area contributed by atoms with Gasteiger partial charge in [0.1, 0.15) is 6.29 Å². The van der Waals surface area contributed by atoms with Crippen molar-refractivity contribution in [3.05, 3.63) is 71.8 Å². The fraction of sp³-hybridized carbons (Fsp3) is 0.553. The molecule has 8 rings (SSSR count). The minimum Gasteiger partial charge on any atom is -1.00 e. The van der Waals surface area contributed by atoms with Gasteiger partial charge in [-0.05, 0) is 49.3 Å². The van der Waals surface area contributed by atoms with Crippen LogP contribution in [0.25, 0.3) is 0 Å². The number of nitrogens with two attached hydrogens (primary N) is 1. The molecule has 4 aliphatic heterocycles. The number of amides is 2. The molecule has 0 aromatic heterocycles. The number of carbonyl (C=O) groups is 5. The largest absolute Gasteiger partial charge is 1.00 e. The van der Waals surface area contributed by atoms with Crippen LogP contribution in [0.1, 0.15) is 51.1 Å². The number of nitrogens with zero attached hydrogens (tertiary/aromatic N) is 2. The summed E-state index contributed by atoms with van der Waals surface area (Å²) in [5.41, 5.74) is 8.09. The predicted molar refractivity (Wildman–Crippen MR) is 182 cm³/mol. The van der Waals surface area contributed by atoms with Gasteiger partial charge in [0.05, 0.1) is 38.5 Å². The molecule has 11 nitrogen and oxygen atoms in total. The molecular formula is C38H49KN4O7. The fourth-order valence-corrected chi connectivity index (χ4v) is 7.14. The predicted octanol–water partition coefficient (Wildman–Crippen LogP) is -0.587. The Morgan fingerprint density at radius 3 is 1.70 bits per heavy atom. The first-order chi connectivity index (χ1) is 23.8. The van der Waals surface area contributed by atoms with E-state index in [2.05, 4.69) is 5.32 Å². The smallest absolute Gasteiger partial charge is 1.00 e. The summed E-state index contributed by atoms with van der Waals surface area (Å²) in [7, 11) is 0. The number of carbonyl (C=O) groups excluding carboxylic acids is 5. The Morgan fingerprint density at radius 2 is 1.22 bits per heavy atom. The third-order valence-electron chi connectivity index (χ3n) is 10.5. The molecule has 6 fully saturated rings. The molecule has 264 valence electrons. The third kappa shape index (κ3) is 10.3. The van der Waals surface area contributed by atoms with Crippen molar-refractivity contribution in [2.24, 2.45) is 29.4 Å². The average Bonchev–Trinajstić information content (AvgIpc) is 4.06. The number of ketones is 2. The number of aldehydes is 1. The van der Waals surface area contributed by atoms with E-state index < -0.39 is 5.91 Å². The van der Waals surface area contributed by atoms with Crippen LogP contribution in [-0.2, 0) is 46.5 Å². The number of ether oxygens (including phenoxy) is 2. The van der Waals surface area contributed by atoms with Gasteiger partial charge in [-0.2, -0.15) is 0 Å². The van der Waals surface area contributed by atoms with E-state index in [0.29, 0.717) is 51.9 Å². The number of hydrogen-bond donors (Lipinski definition) is 2. The first kappa shape index (κ1) is 39.1. The quantitative estimate of drug-likeness (QED) is 0.208. The second-order valence-electron chi connectivity index (χ2n) is 14.2. The zero-order valence-corrected chi connectivity index (χ0v) is 32.1. The Kier molecular flexibility index (Phi) is 14.5. The van der Waals surface area contributed by atoms with E-state index in [1.54, 1.807) is 9.80 Å². The second-order valence-corrected chi connectivity index (χ2v) is 14.2. The maximum atomic E-state index is 12.5. The Hall–Kier alpha value is -2.13. The van der Waals surface area contributed by atoms with Crippen LogP contribution < -0.4 is 62.4 Å². The molecule has 0 spiro atoms. The van der Waals surface area contributed by atoms with Crippen molar-refractivity contribution >= 4 is 29.7 Å². The Balaban J connectivity index is 0.000000196. The first-order valence-corrected chi connectivity index (χ1v) is 17.7. The molecule has 2 aliphatic carbocycles. The SMILES string of the molecule is N[C@H]1COC[C@@H]2[C@@H]1CC(=O)C(=O)N2Cc1ccccc1.O=C1C[C@@H]2[C@@H](NCC3CC3)COC[C@H]2N(Cc2ccccc2)C1=O.O=CC1CC1.[H-].[K+]. The standard InChI is InChI=1S/C19H24N2O3.C15H18N2O3.C4H6O.K.H/c22-18-8-15-16(20-9-13-6-7-13)11-24-12-17(15)21(19(18)23)10-14-4-2-1-3-5-14;16-12-8-20-9-13-11(12)6-14(18)15(19)17(13)7-10-4-2-1-3-5-10;5-3-4-1-2-4;;/h1-5,13,15-17,20H,6-12H2;1-5,11-13H,6-9,16H2;3-4H,1-2H2;;/q;;;+1;-1/t15-,16+,17-;11-,12+,13-;;;/m11.../s1. The van der Waals surface area contributed by atoms with Crippen LogP contribution >= 0.6 is 0 Å². The van der Waals surface area contributed by atoms with Gasteiger partial charge in [0.25, 0.3) is 11.8 Å². The molecule has 2 amide bonds. The Labute approximate surface area is 338 Å². The second kappa shape index (κ2) is 18.6. The zero-order chi connectivity index (χ0) is 34.3. The van der Waals surface area contributed by atoms with E-state index in [4.69, 9.17) is 15.2 Å². The number of benzene rings is 2. The Morgan fingerprint density at radius 1 is 0.720 bits per heavy atom. The summed E-state index contributed by atoms with van der Waals surface area (Å²) in [6, 6.07) is 19.4. The van der Waals surface area contributed by atoms with Crippen LogP contribution in [0.5, 0.6) is 0 Å². The van der Waals surface area contributed by atoms with E-state index in [9.17, 15) is 24.0 Å². The first-order valence-electron chi connectivity index (χ1n) is 17.7. The Bertz CT molecular complexity index is 1480. The van der Waals surface area contributed by atoms with Crippen LogP contribution in [0.4, 0.5) is 0 Å². The molecule has 2 aromatic rings. The summed E-state index contributed by atoms with van der Waals surface area (Å²) in [5, 5.41) is 3.59. The molecule has 4 saturated heterocycles. The molecule has 0 bridgehead atoms. The summed E-state index contributed by atoms with van der Waals surface area (Å²) in [4.78, 5) is 61.8. The molecule has 2 aromatic carbocycles. The molecule has 2 saturated carbocycles. The minimum absolute atomic E-state index is 0. The normalized spacial score (nSPS) is 28.9. The summed E-state index contributed by atoms with van der Waals surface area (Å²) in [6.45, 7) is 3.99. The number of Topliss-reactive ketones (excluding diaryl/α,β-unsaturated/α-hetero) is 2. The molecule has 12 heteroatoms. The molecule has 0 radical (unpaired) electrons. The van der Waals surface area contributed by atoms with E-state index in [1.165, 1.54) is 12.8 Å². The summed E-state index contributed by atoms with van der Waals surface area (Å²) >= 11 is 0. The molecular weight excluding hydrogens is 664 g/mol. The van der Waals surface area contributed by atoms with Crippen molar-refractivity contribution in [1.82, 2.24) is 15.1 Å². The summed E-state index contributed by atoms with van der Waals surface area (Å²) in [6.07, 6.45) is 6.51. The van der Waals surface area contributed by atoms with Crippen molar-refractivity contribution in [3.63, 3.8) is 0 Å². The van der Waals surface area contributed by atoms with E-state index in [-0.39, 0.29) is 113 Å². The fourth-order valence-electron chi connectivity index (χ4n) is 7.14. The molecule has 50 heavy (non-hydrogen) atoms. The summed E-state index contributed by atoms with van der Waals surface area (Å²) < 4.78 is 11.3. The van der Waals surface area contributed by atoms with Gasteiger partial charge >= 0.3 is 51.4 Å². The summed E-state index contributed by atoms with van der Waals surface area (Å²) in [5.74, 6) is 0.0528. The van der Waals surface area contributed by atoms with Crippen molar-refractivity contribution in [2.75, 3.05) is 33.0 Å². The van der Waals surface area contributed by atoms with Crippen LogP contribution in [0, 0.1) is 23.7 Å². The van der Waals surface area contributed by atoms with Gasteiger partial charge in [0.2, 0.25) is 11.6 Å². The monoisotopic (exact) mass is 712 g/mol. The maximum absolute atomic E-state index is 12.5. The van der Waals surface area contributed by atoms with Gasteiger partial charge in [-0.3, -0.25) is 19.2 Å². The average molecular weight is 713 g/mol. The van der Waals surface area contributed by atoms with Crippen molar-refractivity contribution < 1.29 is 86.3 Å². The van der Waals surface area contributed by atoms with Crippen molar-refractivity contribution in [1.29, 1.82) is 0 Å². The third-order valence-corrected chi connectivity index (χ3v) is 10.5. The van der Waals surface area contributed by atoms with Crippen molar-refractivity contribution in [2.45, 2.75) is 75.8 Å². The van der Waals surface area contributed by atoms with E-state index in [0.717, 1.165) is 42.7 Å². The van der Waals surface area contributed by atoms with Crippen LogP contribution in [-0.4, -0.2) is 96.6 Å². The zero-order valence-electron chi connectivity index (χ0n) is 30.0. The minimum atomic E-state index is -0.409. The van der Waals surface area contributed by atoms with Crippen LogP contribution in [0.15, 0.2) is 60.7 Å². The van der Waals surface area contributed by atoms with Crippen LogP contribution in [0.3, 0.4) is 0 Å². The number of fused-ring (bicyclic) bond motifs is 2. The van der Waals surface area contributed by atoms with Gasteiger partial charge in [0.15, 0.2) is 0 Å². The van der Waals surface area contributed by atoms with E-state index >= 15 is 0 Å². The molecule has 6 atom stereocenters. The van der Waals surface area contributed by atoms with Gasteiger partial charge in [-0.1, -0.05) is 60.7 Å². The number of nitrogens with one attached hydrogen (secondary N) is 1. The van der Waals surface area contributed by atoms with Gasteiger partial charge in [-0.15, -0.1) is 0 Å². The molecule has 4 heterocycles. The van der Waals surface area contributed by atoms with E-state index in [1.807, 2.05) is 60.7 Å². The number of rotatable bonds is 8. The van der Waals surface area contributed by atoms with Crippen molar-refractivity contribution in [3.8, 4) is 0 Å². The molecule has 0 unspecified atom stereocenters. The number of hydrogen-bond acceptors (Lipinski definition) is 9. The number of piperidine rings is 2. The maximum Gasteiger partial charge on any atom is 1.00 e.